The van der Waals surface area contributed by atoms with Crippen LogP contribution in [0.2, 0.25) is 0 Å². The molecule has 1 unspecified atom stereocenters. The molecule has 2 N–H and O–H groups in total. The van der Waals surface area contributed by atoms with E-state index >= 15 is 0 Å². The highest BCUT2D eigenvalue weighted by Crippen LogP contribution is 2.35. The number of fused-ring (bicyclic) bond motifs is 1. The molecular formula is C18H21BrN4O. The lowest BCUT2D eigenvalue weighted by atomic mass is 10.1. The number of hydrogen-bond donors (Lipinski definition) is 2. The highest BCUT2D eigenvalue weighted by atomic mass is 79.9. The Bertz CT molecular complexity index is 691. The van der Waals surface area contributed by atoms with Gasteiger partial charge < -0.3 is 15.0 Å². The van der Waals surface area contributed by atoms with Crippen LogP contribution >= 0.6 is 15.9 Å². The van der Waals surface area contributed by atoms with Crippen LogP contribution in [0.15, 0.2) is 47.1 Å². The molecule has 1 atom stereocenters. The molecule has 0 radical (unpaired) electrons. The van der Waals surface area contributed by atoms with Crippen molar-refractivity contribution in [2.45, 2.75) is 31.7 Å². The highest BCUT2D eigenvalue weighted by Gasteiger charge is 2.31. The van der Waals surface area contributed by atoms with Crippen molar-refractivity contribution in [2.24, 2.45) is 0 Å². The number of pyridine rings is 1. The topological polar surface area (TPSA) is 49.4 Å². The number of ether oxygens (including phenoxy) is 1. The van der Waals surface area contributed by atoms with Gasteiger partial charge in [0, 0.05) is 36.5 Å². The summed E-state index contributed by atoms with van der Waals surface area (Å²) in [6.45, 7) is 2.50. The lowest BCUT2D eigenvalue weighted by Gasteiger charge is -2.32. The summed E-state index contributed by atoms with van der Waals surface area (Å²) in [5, 5.41) is 7.26. The molecule has 1 aromatic carbocycles. The smallest absolute Gasteiger partial charge is 0.157 e. The van der Waals surface area contributed by atoms with Crippen LogP contribution in [-0.2, 0) is 11.3 Å². The normalized spacial score (nSPS) is 20.7. The second-order valence-corrected chi connectivity index (χ2v) is 7.15. The van der Waals surface area contributed by atoms with E-state index in [2.05, 4.69) is 72.8 Å². The molecular weight excluding hydrogens is 368 g/mol. The molecule has 126 valence electrons. The van der Waals surface area contributed by atoms with Crippen LogP contribution in [0.25, 0.3) is 0 Å². The first-order valence-electron chi connectivity index (χ1n) is 8.36. The maximum atomic E-state index is 5.47. The average molecular weight is 389 g/mol. The van der Waals surface area contributed by atoms with Gasteiger partial charge in [-0.1, -0.05) is 30.3 Å². The van der Waals surface area contributed by atoms with Crippen LogP contribution in [0, 0.1) is 0 Å². The second kappa shape index (κ2) is 7.09. The van der Waals surface area contributed by atoms with Gasteiger partial charge in [-0.25, -0.2) is 4.98 Å². The SMILES string of the molecule is Brc1cnc2c(c1)N(Cc1ccccc1)C(NC1CCOCC1)N2. The Hall–Kier alpha value is -1.63. The maximum absolute atomic E-state index is 5.47. The van der Waals surface area contributed by atoms with Crippen molar-refractivity contribution in [3.8, 4) is 0 Å². The Balaban J connectivity index is 1.58. The summed E-state index contributed by atoms with van der Waals surface area (Å²) in [7, 11) is 0. The zero-order chi connectivity index (χ0) is 16.4. The van der Waals surface area contributed by atoms with E-state index in [1.807, 2.05) is 6.20 Å². The molecule has 1 saturated heterocycles. The van der Waals surface area contributed by atoms with E-state index < -0.39 is 0 Å². The molecule has 3 heterocycles. The molecule has 0 amide bonds. The summed E-state index contributed by atoms with van der Waals surface area (Å²) >= 11 is 3.54. The lowest BCUT2D eigenvalue weighted by Crippen LogP contribution is -2.52. The van der Waals surface area contributed by atoms with E-state index in [4.69, 9.17) is 4.74 Å². The fourth-order valence-corrected chi connectivity index (χ4v) is 3.60. The molecule has 2 aliphatic rings. The predicted octanol–water partition coefficient (Wildman–Crippen LogP) is 3.33. The van der Waals surface area contributed by atoms with Gasteiger partial charge in [0.1, 0.15) is 0 Å². The molecule has 0 spiro atoms. The third-order valence-electron chi connectivity index (χ3n) is 4.54. The zero-order valence-corrected chi connectivity index (χ0v) is 15.0. The van der Waals surface area contributed by atoms with Crippen molar-refractivity contribution < 1.29 is 4.74 Å². The molecule has 24 heavy (non-hydrogen) atoms. The van der Waals surface area contributed by atoms with E-state index in [1.165, 1.54) is 5.56 Å². The number of anilines is 2. The summed E-state index contributed by atoms with van der Waals surface area (Å²) in [6.07, 6.45) is 3.98. The molecule has 2 aromatic rings. The molecule has 0 aliphatic carbocycles. The Morgan fingerprint density at radius 2 is 2.04 bits per heavy atom. The van der Waals surface area contributed by atoms with Gasteiger partial charge in [-0.15, -0.1) is 0 Å². The van der Waals surface area contributed by atoms with Crippen LogP contribution < -0.4 is 15.5 Å². The van der Waals surface area contributed by atoms with E-state index in [0.717, 1.165) is 48.6 Å². The van der Waals surface area contributed by atoms with Crippen molar-refractivity contribution in [1.29, 1.82) is 0 Å². The standard InChI is InChI=1S/C18H21BrN4O/c19-14-10-16-17(20-11-14)22-18(21-15-6-8-24-9-7-15)23(16)12-13-4-2-1-3-5-13/h1-5,10-11,15,18,21H,6-9,12H2,(H,20,22). The fourth-order valence-electron chi connectivity index (χ4n) is 3.28. The first-order valence-corrected chi connectivity index (χ1v) is 9.15. The molecule has 4 rings (SSSR count). The number of hydrogen-bond acceptors (Lipinski definition) is 5. The fraction of sp³-hybridized carbons (Fsp3) is 0.389. The summed E-state index contributed by atoms with van der Waals surface area (Å²) < 4.78 is 6.47. The molecule has 0 bridgehead atoms. The van der Waals surface area contributed by atoms with Gasteiger partial charge in [-0.3, -0.25) is 5.32 Å². The van der Waals surface area contributed by atoms with Gasteiger partial charge in [0.05, 0.1) is 5.69 Å². The van der Waals surface area contributed by atoms with Gasteiger partial charge in [0.25, 0.3) is 0 Å². The maximum Gasteiger partial charge on any atom is 0.157 e. The van der Waals surface area contributed by atoms with E-state index in [1.54, 1.807) is 0 Å². The van der Waals surface area contributed by atoms with E-state index in [0.29, 0.717) is 6.04 Å². The zero-order valence-electron chi connectivity index (χ0n) is 13.4. The number of halogens is 1. The van der Waals surface area contributed by atoms with Crippen LogP contribution in [0.4, 0.5) is 11.5 Å². The van der Waals surface area contributed by atoms with Crippen molar-refractivity contribution in [2.75, 3.05) is 23.4 Å². The molecule has 6 heteroatoms. The minimum absolute atomic E-state index is 0.0464. The first-order chi connectivity index (χ1) is 11.8. The molecule has 1 fully saturated rings. The van der Waals surface area contributed by atoms with Crippen molar-refractivity contribution in [1.82, 2.24) is 10.3 Å². The number of benzene rings is 1. The average Bonchev–Trinajstić information content (AvgIpc) is 2.94. The Morgan fingerprint density at radius 1 is 1.25 bits per heavy atom. The number of aromatic nitrogens is 1. The Kier molecular flexibility index (Phi) is 4.69. The summed E-state index contributed by atoms with van der Waals surface area (Å²) in [5.74, 6) is 0.929. The highest BCUT2D eigenvalue weighted by molar-refractivity contribution is 9.10. The van der Waals surface area contributed by atoms with Crippen molar-refractivity contribution in [3.05, 3.63) is 52.6 Å². The molecule has 5 nitrogen and oxygen atoms in total. The van der Waals surface area contributed by atoms with Crippen molar-refractivity contribution >= 4 is 27.4 Å². The number of nitrogens with zero attached hydrogens (tertiary/aromatic N) is 2. The van der Waals surface area contributed by atoms with E-state index in [-0.39, 0.29) is 6.29 Å². The van der Waals surface area contributed by atoms with Crippen LogP contribution in [0.3, 0.4) is 0 Å². The van der Waals surface area contributed by atoms with Gasteiger partial charge in [-0.05, 0) is 40.4 Å². The molecule has 1 aromatic heterocycles. The van der Waals surface area contributed by atoms with Gasteiger partial charge in [0.15, 0.2) is 12.1 Å². The monoisotopic (exact) mass is 388 g/mol. The Labute approximate surface area is 150 Å². The van der Waals surface area contributed by atoms with Crippen molar-refractivity contribution in [3.63, 3.8) is 0 Å². The lowest BCUT2D eigenvalue weighted by molar-refractivity contribution is 0.0757. The number of nitrogens with one attached hydrogen (secondary N) is 2. The van der Waals surface area contributed by atoms with Gasteiger partial charge in [0.2, 0.25) is 0 Å². The molecule has 2 aliphatic heterocycles. The first kappa shape index (κ1) is 15.9. The van der Waals surface area contributed by atoms with Crippen LogP contribution in [-0.4, -0.2) is 30.5 Å². The summed E-state index contributed by atoms with van der Waals surface area (Å²) in [5.41, 5.74) is 2.41. The minimum atomic E-state index is 0.0464. The third-order valence-corrected chi connectivity index (χ3v) is 4.97. The van der Waals surface area contributed by atoms with E-state index in [9.17, 15) is 0 Å². The second-order valence-electron chi connectivity index (χ2n) is 6.23. The summed E-state index contributed by atoms with van der Waals surface area (Å²) in [6, 6.07) is 13.1. The minimum Gasteiger partial charge on any atom is -0.381 e. The number of rotatable bonds is 4. The summed E-state index contributed by atoms with van der Waals surface area (Å²) in [4.78, 5) is 6.87. The quantitative estimate of drug-likeness (QED) is 0.840. The van der Waals surface area contributed by atoms with Crippen LogP contribution in [0.1, 0.15) is 18.4 Å². The molecule has 0 saturated carbocycles. The predicted molar refractivity (Wildman–Crippen MR) is 98.9 cm³/mol. The largest absolute Gasteiger partial charge is 0.381 e. The third kappa shape index (κ3) is 3.41. The van der Waals surface area contributed by atoms with Crippen LogP contribution in [0.5, 0.6) is 0 Å². The van der Waals surface area contributed by atoms with Gasteiger partial charge in [-0.2, -0.15) is 0 Å². The Morgan fingerprint density at radius 3 is 2.83 bits per heavy atom. The van der Waals surface area contributed by atoms with Gasteiger partial charge >= 0.3 is 0 Å².